The fourth-order valence-corrected chi connectivity index (χ4v) is 4.31. The van der Waals surface area contributed by atoms with Crippen LogP contribution in [0.2, 0.25) is 0 Å². The van der Waals surface area contributed by atoms with Crippen LogP contribution in [0.1, 0.15) is 11.3 Å². The zero-order valence-corrected chi connectivity index (χ0v) is 17.8. The maximum Gasteiger partial charge on any atom is 0.257 e. The second-order valence-corrected chi connectivity index (χ2v) is 9.29. The first-order valence-electron chi connectivity index (χ1n) is 8.02. The highest BCUT2D eigenvalue weighted by atomic mass is 79.9. The Morgan fingerprint density at radius 1 is 1.21 bits per heavy atom. The van der Waals surface area contributed by atoms with Crippen LogP contribution in [0.15, 0.2) is 57.2 Å². The number of hydrogen-bond acceptors (Lipinski definition) is 5. The van der Waals surface area contributed by atoms with Crippen LogP contribution >= 0.6 is 27.3 Å². The summed E-state index contributed by atoms with van der Waals surface area (Å²) in [5.41, 5.74) is 4.17. The lowest BCUT2D eigenvalue weighted by Gasteiger charge is -2.09. The number of hydrogen-bond donors (Lipinski definition) is 2. The molecular formula is C18H15BrFN3O3S2. The number of amides is 1. The topological polar surface area (TPSA) is 88.2 Å². The fraction of sp³-hybridized carbons (Fsp3) is 0.111. The van der Waals surface area contributed by atoms with Crippen LogP contribution in [0.4, 0.5) is 4.39 Å². The number of thiazole rings is 1. The Morgan fingerprint density at radius 3 is 2.61 bits per heavy atom. The molecular weight excluding hydrogens is 469 g/mol. The number of rotatable bonds is 6. The molecule has 3 aromatic rings. The molecule has 1 amide bonds. The fourth-order valence-electron chi connectivity index (χ4n) is 2.29. The predicted octanol–water partition coefficient (Wildman–Crippen LogP) is 3.57. The van der Waals surface area contributed by atoms with E-state index in [1.54, 1.807) is 30.5 Å². The molecule has 1 aromatic heterocycles. The van der Waals surface area contributed by atoms with Gasteiger partial charge in [-0.3, -0.25) is 10.2 Å². The smallest absolute Gasteiger partial charge is 0.257 e. The number of nitrogens with one attached hydrogen (secondary N) is 2. The van der Waals surface area contributed by atoms with Crippen LogP contribution in [-0.2, 0) is 21.2 Å². The van der Waals surface area contributed by atoms with Gasteiger partial charge in [-0.2, -0.15) is 0 Å². The van der Waals surface area contributed by atoms with Gasteiger partial charge in [-0.15, -0.1) is 16.2 Å². The molecule has 0 aliphatic heterocycles. The zero-order valence-electron chi connectivity index (χ0n) is 14.6. The SMILES string of the molecule is Cc1cc(S(=O)(=O)NNC(=O)Cc2csc(-c3ccc(F)cc3)n2)ccc1Br. The second kappa shape index (κ2) is 8.48. The third kappa shape index (κ3) is 5.02. The molecule has 146 valence electrons. The average Bonchev–Trinajstić information content (AvgIpc) is 3.11. The zero-order chi connectivity index (χ0) is 20.3. The van der Waals surface area contributed by atoms with Gasteiger partial charge in [-0.05, 0) is 55.0 Å². The second-order valence-electron chi connectivity index (χ2n) is 5.89. The number of halogens is 2. The van der Waals surface area contributed by atoms with Crippen LogP contribution in [0.25, 0.3) is 10.6 Å². The van der Waals surface area contributed by atoms with Gasteiger partial charge in [0, 0.05) is 15.4 Å². The third-order valence-electron chi connectivity index (χ3n) is 3.75. The number of carbonyl (C=O) groups is 1. The van der Waals surface area contributed by atoms with Crippen molar-refractivity contribution < 1.29 is 17.6 Å². The number of aromatic nitrogens is 1. The molecule has 1 heterocycles. The van der Waals surface area contributed by atoms with Gasteiger partial charge in [0.05, 0.1) is 17.0 Å². The van der Waals surface area contributed by atoms with Crippen LogP contribution in [0, 0.1) is 12.7 Å². The monoisotopic (exact) mass is 483 g/mol. The van der Waals surface area contributed by atoms with Crippen LogP contribution in [0.5, 0.6) is 0 Å². The minimum atomic E-state index is -3.88. The van der Waals surface area contributed by atoms with E-state index in [1.807, 2.05) is 0 Å². The van der Waals surface area contributed by atoms with E-state index >= 15 is 0 Å². The van der Waals surface area contributed by atoms with E-state index in [1.165, 1.54) is 35.6 Å². The molecule has 0 aliphatic carbocycles. The Balaban J connectivity index is 1.61. The molecule has 0 radical (unpaired) electrons. The minimum Gasteiger partial charge on any atom is -0.277 e. The number of carbonyl (C=O) groups excluding carboxylic acids is 1. The van der Waals surface area contributed by atoms with Gasteiger partial charge in [0.15, 0.2) is 0 Å². The maximum absolute atomic E-state index is 13.0. The Labute approximate surface area is 174 Å². The lowest BCUT2D eigenvalue weighted by molar-refractivity contribution is -0.120. The summed E-state index contributed by atoms with van der Waals surface area (Å²) in [6, 6.07) is 10.4. The normalized spacial score (nSPS) is 11.4. The first-order chi connectivity index (χ1) is 13.2. The summed E-state index contributed by atoms with van der Waals surface area (Å²) in [6.45, 7) is 1.77. The molecule has 6 nitrogen and oxygen atoms in total. The van der Waals surface area contributed by atoms with Crippen molar-refractivity contribution in [3.63, 3.8) is 0 Å². The quantitative estimate of drug-likeness (QED) is 0.524. The highest BCUT2D eigenvalue weighted by molar-refractivity contribution is 9.10. The largest absolute Gasteiger partial charge is 0.277 e. The average molecular weight is 484 g/mol. The molecule has 2 N–H and O–H groups in total. The van der Waals surface area contributed by atoms with E-state index in [0.717, 1.165) is 15.6 Å². The molecule has 10 heteroatoms. The van der Waals surface area contributed by atoms with Crippen molar-refractivity contribution in [2.24, 2.45) is 0 Å². The molecule has 2 aromatic carbocycles. The van der Waals surface area contributed by atoms with Crippen LogP contribution < -0.4 is 10.3 Å². The number of sulfonamides is 1. The third-order valence-corrected chi connectivity index (χ3v) is 6.82. The highest BCUT2D eigenvalue weighted by Crippen LogP contribution is 2.24. The molecule has 0 fully saturated rings. The summed E-state index contributed by atoms with van der Waals surface area (Å²) >= 11 is 4.63. The molecule has 0 bridgehead atoms. The van der Waals surface area contributed by atoms with E-state index in [-0.39, 0.29) is 17.1 Å². The number of nitrogens with zero attached hydrogens (tertiary/aromatic N) is 1. The van der Waals surface area contributed by atoms with Crippen LogP contribution in [0.3, 0.4) is 0 Å². The molecule has 0 atom stereocenters. The van der Waals surface area contributed by atoms with Gasteiger partial charge in [-0.1, -0.05) is 15.9 Å². The van der Waals surface area contributed by atoms with Gasteiger partial charge in [0.25, 0.3) is 10.0 Å². The summed E-state index contributed by atoms with van der Waals surface area (Å²) in [6.07, 6.45) is -0.0976. The van der Waals surface area contributed by atoms with E-state index in [0.29, 0.717) is 10.7 Å². The Hall–Kier alpha value is -2.14. The summed E-state index contributed by atoms with van der Waals surface area (Å²) in [7, 11) is -3.88. The first-order valence-corrected chi connectivity index (χ1v) is 11.2. The van der Waals surface area contributed by atoms with Crippen molar-refractivity contribution >= 4 is 43.2 Å². The molecule has 3 rings (SSSR count). The Morgan fingerprint density at radius 2 is 1.93 bits per heavy atom. The number of benzene rings is 2. The summed E-state index contributed by atoms with van der Waals surface area (Å²) in [5.74, 6) is -0.887. The van der Waals surface area contributed by atoms with Gasteiger partial charge >= 0.3 is 0 Å². The molecule has 0 spiro atoms. The van der Waals surface area contributed by atoms with Gasteiger partial charge in [-0.25, -0.2) is 17.8 Å². The Kier molecular flexibility index (Phi) is 6.23. The number of aryl methyl sites for hydroxylation is 1. The summed E-state index contributed by atoms with van der Waals surface area (Å²) in [5, 5.41) is 2.35. The van der Waals surface area contributed by atoms with Crippen LogP contribution in [-0.4, -0.2) is 19.3 Å². The molecule has 28 heavy (non-hydrogen) atoms. The van der Waals surface area contributed by atoms with E-state index < -0.39 is 15.9 Å². The van der Waals surface area contributed by atoms with E-state index in [9.17, 15) is 17.6 Å². The van der Waals surface area contributed by atoms with Gasteiger partial charge < -0.3 is 0 Å². The van der Waals surface area contributed by atoms with Crippen molar-refractivity contribution in [1.29, 1.82) is 0 Å². The van der Waals surface area contributed by atoms with Crippen molar-refractivity contribution in [3.05, 3.63) is 69.4 Å². The summed E-state index contributed by atoms with van der Waals surface area (Å²) in [4.78, 5) is 18.5. The van der Waals surface area contributed by atoms with Crippen molar-refractivity contribution in [2.45, 2.75) is 18.2 Å². The van der Waals surface area contributed by atoms with Gasteiger partial charge in [0.1, 0.15) is 10.8 Å². The summed E-state index contributed by atoms with van der Waals surface area (Å²) < 4.78 is 38.4. The lowest BCUT2D eigenvalue weighted by atomic mass is 10.2. The van der Waals surface area contributed by atoms with E-state index in [4.69, 9.17) is 0 Å². The maximum atomic E-state index is 13.0. The molecule has 0 unspecified atom stereocenters. The predicted molar refractivity (Wildman–Crippen MR) is 109 cm³/mol. The standard InChI is InChI=1S/C18H15BrFN3O3S2/c1-11-8-15(6-7-16(11)19)28(25,26)23-22-17(24)9-14-10-27-18(21-14)12-2-4-13(20)5-3-12/h2-8,10,23H,9H2,1H3,(H,22,24). The highest BCUT2D eigenvalue weighted by Gasteiger charge is 2.17. The van der Waals surface area contributed by atoms with E-state index in [2.05, 4.69) is 31.2 Å². The molecule has 0 aliphatic rings. The van der Waals surface area contributed by atoms with Crippen molar-refractivity contribution in [1.82, 2.24) is 15.2 Å². The lowest BCUT2D eigenvalue weighted by Crippen LogP contribution is -2.42. The number of hydrazine groups is 1. The Bertz CT molecular complexity index is 1120. The molecule has 0 saturated carbocycles. The van der Waals surface area contributed by atoms with Crippen molar-refractivity contribution in [3.8, 4) is 10.6 Å². The first kappa shape index (κ1) is 20.6. The van der Waals surface area contributed by atoms with Crippen molar-refractivity contribution in [2.75, 3.05) is 0 Å². The van der Waals surface area contributed by atoms with Gasteiger partial charge in [0.2, 0.25) is 5.91 Å². The minimum absolute atomic E-state index is 0.0424. The molecule has 0 saturated heterocycles.